The van der Waals surface area contributed by atoms with Crippen LogP contribution in [0.1, 0.15) is 19.4 Å². The lowest BCUT2D eigenvalue weighted by molar-refractivity contribution is -0.132. The molecular formula is C27H32N6O2. The van der Waals surface area contributed by atoms with E-state index in [0.717, 1.165) is 65.2 Å². The largest absolute Gasteiger partial charge is 0.339 e. The molecule has 0 aliphatic carbocycles. The molecule has 0 atom stereocenters. The molecule has 1 amide bonds. The summed E-state index contributed by atoms with van der Waals surface area (Å²) in [5.41, 5.74) is 6.77. The van der Waals surface area contributed by atoms with Crippen LogP contribution in [0.3, 0.4) is 0 Å². The third-order valence-corrected chi connectivity index (χ3v) is 6.78. The van der Waals surface area contributed by atoms with Crippen LogP contribution < -0.4 is 11.0 Å². The molecule has 2 aromatic heterocycles. The van der Waals surface area contributed by atoms with Crippen LogP contribution in [-0.4, -0.2) is 55.9 Å². The molecule has 1 aliphatic rings. The highest BCUT2D eigenvalue weighted by Crippen LogP contribution is 2.33. The number of fused-ring (bicyclic) bond motifs is 1. The highest BCUT2D eigenvalue weighted by atomic mass is 16.2. The maximum atomic E-state index is 12.9. The number of imidazole rings is 1. The van der Waals surface area contributed by atoms with E-state index < -0.39 is 0 Å². The van der Waals surface area contributed by atoms with E-state index in [1.165, 1.54) is 0 Å². The lowest BCUT2D eigenvalue weighted by atomic mass is 10.0. The maximum absolute atomic E-state index is 12.9. The van der Waals surface area contributed by atoms with E-state index in [2.05, 4.69) is 36.5 Å². The minimum Gasteiger partial charge on any atom is -0.339 e. The molecule has 5 rings (SSSR count). The van der Waals surface area contributed by atoms with Crippen LogP contribution in [0.25, 0.3) is 33.4 Å². The van der Waals surface area contributed by atoms with Crippen molar-refractivity contribution in [1.82, 2.24) is 29.1 Å². The average molecular weight is 473 g/mol. The minimum absolute atomic E-state index is 0.0124. The van der Waals surface area contributed by atoms with E-state index in [4.69, 9.17) is 5.10 Å². The standard InChI is InChI=1S/C27H32N6O2/c1-4-32-23-10-9-20(16-24(23)33(5-2)27(32)35)22-17-31(18-25(34)30-13-11-28-12-14-30)29-26(22)21-8-6-7-19(3)15-21/h6-10,15-17,28H,4-5,11-14,18H2,1-3H3. The summed E-state index contributed by atoms with van der Waals surface area (Å²) in [5.74, 6) is 0.0756. The fourth-order valence-corrected chi connectivity index (χ4v) is 4.97. The molecule has 0 bridgehead atoms. The first-order valence-electron chi connectivity index (χ1n) is 12.4. The highest BCUT2D eigenvalue weighted by Gasteiger charge is 2.20. The van der Waals surface area contributed by atoms with Gasteiger partial charge < -0.3 is 10.2 Å². The number of hydrogen-bond donors (Lipinski definition) is 1. The van der Waals surface area contributed by atoms with Gasteiger partial charge in [-0.15, -0.1) is 0 Å². The predicted molar refractivity (Wildman–Crippen MR) is 138 cm³/mol. The number of nitrogens with zero attached hydrogens (tertiary/aromatic N) is 5. The van der Waals surface area contributed by atoms with E-state index in [1.54, 1.807) is 9.25 Å². The number of nitrogens with one attached hydrogen (secondary N) is 1. The van der Waals surface area contributed by atoms with Crippen LogP contribution in [0.4, 0.5) is 0 Å². The number of carbonyl (C=O) groups excluding carboxylic acids is 1. The molecule has 1 saturated heterocycles. The molecule has 3 heterocycles. The Bertz CT molecular complexity index is 1440. The van der Waals surface area contributed by atoms with Crippen molar-refractivity contribution >= 4 is 16.9 Å². The SMILES string of the molecule is CCn1c(=O)n(CC)c2cc(-c3cn(CC(=O)N4CCNCC4)nc3-c3cccc(C)c3)ccc21. The van der Waals surface area contributed by atoms with Gasteiger partial charge >= 0.3 is 5.69 Å². The Kier molecular flexibility index (Phi) is 6.30. The van der Waals surface area contributed by atoms with Crippen molar-refractivity contribution in [2.24, 2.45) is 0 Å². The van der Waals surface area contributed by atoms with Gasteiger partial charge in [0.1, 0.15) is 12.2 Å². The van der Waals surface area contributed by atoms with E-state index >= 15 is 0 Å². The van der Waals surface area contributed by atoms with Crippen LogP contribution in [0.15, 0.2) is 53.5 Å². The van der Waals surface area contributed by atoms with Crippen LogP contribution in [0.2, 0.25) is 0 Å². The van der Waals surface area contributed by atoms with Crippen molar-refractivity contribution in [3.63, 3.8) is 0 Å². The summed E-state index contributed by atoms with van der Waals surface area (Å²) in [4.78, 5) is 27.7. The van der Waals surface area contributed by atoms with Crippen LogP contribution >= 0.6 is 0 Å². The molecule has 0 saturated carbocycles. The summed E-state index contributed by atoms with van der Waals surface area (Å²) < 4.78 is 5.37. The fourth-order valence-electron chi connectivity index (χ4n) is 4.97. The maximum Gasteiger partial charge on any atom is 0.329 e. The summed E-state index contributed by atoms with van der Waals surface area (Å²) in [6.45, 7) is 10.6. The Balaban J connectivity index is 1.61. The molecule has 1 fully saturated rings. The molecule has 1 aliphatic heterocycles. The molecule has 182 valence electrons. The average Bonchev–Trinajstić information content (AvgIpc) is 3.41. The van der Waals surface area contributed by atoms with Crippen molar-refractivity contribution in [3.05, 3.63) is 64.7 Å². The fraction of sp³-hybridized carbons (Fsp3) is 0.370. The topological polar surface area (TPSA) is 77.1 Å². The van der Waals surface area contributed by atoms with Gasteiger partial charge in [-0.25, -0.2) is 4.79 Å². The minimum atomic E-state index is 0.0124. The zero-order chi connectivity index (χ0) is 24.5. The third-order valence-electron chi connectivity index (χ3n) is 6.78. The first-order chi connectivity index (χ1) is 17.0. The lowest BCUT2D eigenvalue weighted by Crippen LogP contribution is -2.47. The lowest BCUT2D eigenvalue weighted by Gasteiger charge is -2.27. The number of aromatic nitrogens is 4. The number of hydrogen-bond acceptors (Lipinski definition) is 4. The number of rotatable bonds is 6. The smallest absolute Gasteiger partial charge is 0.329 e. The zero-order valence-corrected chi connectivity index (χ0v) is 20.6. The summed E-state index contributed by atoms with van der Waals surface area (Å²) >= 11 is 0. The molecule has 35 heavy (non-hydrogen) atoms. The van der Waals surface area contributed by atoms with Gasteiger partial charge in [-0.2, -0.15) is 5.10 Å². The quantitative estimate of drug-likeness (QED) is 0.468. The highest BCUT2D eigenvalue weighted by molar-refractivity contribution is 5.88. The van der Waals surface area contributed by atoms with Gasteiger partial charge in [0, 0.05) is 56.6 Å². The van der Waals surface area contributed by atoms with Gasteiger partial charge in [-0.05, 0) is 44.5 Å². The number of benzene rings is 2. The van der Waals surface area contributed by atoms with Gasteiger partial charge in [0.2, 0.25) is 5.91 Å². The van der Waals surface area contributed by atoms with E-state index in [9.17, 15) is 9.59 Å². The summed E-state index contributed by atoms with van der Waals surface area (Å²) in [7, 11) is 0. The molecule has 2 aromatic carbocycles. The molecule has 0 spiro atoms. The van der Waals surface area contributed by atoms with Crippen LogP contribution in [-0.2, 0) is 24.4 Å². The molecular weight excluding hydrogens is 440 g/mol. The van der Waals surface area contributed by atoms with Crippen molar-refractivity contribution in [2.45, 2.75) is 40.4 Å². The molecule has 4 aromatic rings. The second kappa shape index (κ2) is 9.54. The van der Waals surface area contributed by atoms with Gasteiger partial charge in [0.05, 0.1) is 11.0 Å². The zero-order valence-electron chi connectivity index (χ0n) is 20.6. The molecule has 8 heteroatoms. The normalized spacial score (nSPS) is 14.1. The Morgan fingerprint density at radius 2 is 1.71 bits per heavy atom. The van der Waals surface area contributed by atoms with Crippen molar-refractivity contribution < 1.29 is 4.79 Å². The van der Waals surface area contributed by atoms with Gasteiger partial charge in [0.15, 0.2) is 0 Å². The van der Waals surface area contributed by atoms with Gasteiger partial charge in [-0.1, -0.05) is 29.8 Å². The Hall–Kier alpha value is -3.65. The monoisotopic (exact) mass is 472 g/mol. The molecule has 0 unspecified atom stereocenters. The number of piperazine rings is 1. The Morgan fingerprint density at radius 1 is 0.971 bits per heavy atom. The summed E-state index contributed by atoms with van der Waals surface area (Å²) in [6.07, 6.45) is 1.96. The van der Waals surface area contributed by atoms with Crippen molar-refractivity contribution in [1.29, 1.82) is 0 Å². The summed E-state index contributed by atoms with van der Waals surface area (Å²) in [5, 5.41) is 8.16. The van der Waals surface area contributed by atoms with Crippen molar-refractivity contribution in [3.8, 4) is 22.4 Å². The van der Waals surface area contributed by atoms with Crippen LogP contribution in [0.5, 0.6) is 0 Å². The number of amides is 1. The van der Waals surface area contributed by atoms with Crippen LogP contribution in [0, 0.1) is 6.92 Å². The number of carbonyl (C=O) groups is 1. The first-order valence-corrected chi connectivity index (χ1v) is 12.4. The molecule has 8 nitrogen and oxygen atoms in total. The molecule has 1 N–H and O–H groups in total. The van der Waals surface area contributed by atoms with E-state index in [-0.39, 0.29) is 18.1 Å². The summed E-state index contributed by atoms with van der Waals surface area (Å²) in [6, 6.07) is 14.4. The third kappa shape index (κ3) is 4.30. The Labute approximate surface area is 204 Å². The Morgan fingerprint density at radius 3 is 2.43 bits per heavy atom. The number of aryl methyl sites for hydroxylation is 3. The van der Waals surface area contributed by atoms with Gasteiger partial charge in [0.25, 0.3) is 0 Å². The van der Waals surface area contributed by atoms with Gasteiger partial charge in [-0.3, -0.25) is 18.6 Å². The molecule has 0 radical (unpaired) electrons. The second-order valence-corrected chi connectivity index (χ2v) is 9.06. The van der Waals surface area contributed by atoms with E-state index in [1.807, 2.05) is 47.7 Å². The predicted octanol–water partition coefficient (Wildman–Crippen LogP) is 3.11. The second-order valence-electron chi connectivity index (χ2n) is 9.06. The van der Waals surface area contributed by atoms with E-state index in [0.29, 0.717) is 13.1 Å². The first kappa shape index (κ1) is 23.1. The van der Waals surface area contributed by atoms with Crippen molar-refractivity contribution in [2.75, 3.05) is 26.2 Å².